The molecule has 0 saturated heterocycles. The van der Waals surface area contributed by atoms with Crippen LogP contribution in [0.3, 0.4) is 0 Å². The van der Waals surface area contributed by atoms with Crippen LogP contribution < -0.4 is 4.90 Å². The largest absolute Gasteiger partial charge is 0.309 e. The van der Waals surface area contributed by atoms with Crippen LogP contribution in [0.1, 0.15) is 0 Å². The van der Waals surface area contributed by atoms with Crippen molar-refractivity contribution in [3.05, 3.63) is 176 Å². The van der Waals surface area contributed by atoms with Crippen molar-refractivity contribution in [2.24, 2.45) is 0 Å². The highest BCUT2D eigenvalue weighted by Crippen LogP contribution is 2.47. The summed E-state index contributed by atoms with van der Waals surface area (Å²) < 4.78 is 5.24. The van der Waals surface area contributed by atoms with Gasteiger partial charge in [0.05, 0.1) is 10.4 Å². The van der Waals surface area contributed by atoms with Gasteiger partial charge in [-0.05, 0) is 87.6 Å². The third kappa shape index (κ3) is 4.74. The lowest BCUT2D eigenvalue weighted by atomic mass is 9.98. The fourth-order valence-electron chi connectivity index (χ4n) is 7.33. The van der Waals surface area contributed by atoms with Gasteiger partial charge in [0.2, 0.25) is 0 Å². The first kappa shape index (κ1) is 28.3. The molecule has 49 heavy (non-hydrogen) atoms. The van der Waals surface area contributed by atoms with Gasteiger partial charge < -0.3 is 4.90 Å². The highest BCUT2D eigenvalue weighted by atomic mass is 32.1. The maximum absolute atomic E-state index is 2.45. The minimum atomic E-state index is 1.13. The van der Waals surface area contributed by atoms with E-state index in [-0.39, 0.29) is 0 Å². The molecule has 0 radical (unpaired) electrons. The molecule has 0 atom stereocenters. The van der Waals surface area contributed by atoms with Crippen LogP contribution in [-0.4, -0.2) is 0 Å². The van der Waals surface area contributed by atoms with E-state index in [1.807, 2.05) is 22.7 Å². The molecule has 230 valence electrons. The lowest BCUT2D eigenvalue weighted by molar-refractivity contribution is 1.30. The second-order valence-electron chi connectivity index (χ2n) is 12.5. The number of benzene rings is 8. The molecule has 8 aromatic carbocycles. The Morgan fingerprint density at radius 1 is 0.367 bits per heavy atom. The molecule has 0 bridgehead atoms. The van der Waals surface area contributed by atoms with Gasteiger partial charge in [0.25, 0.3) is 0 Å². The lowest BCUT2D eigenvalue weighted by Crippen LogP contribution is -2.10. The molecule has 1 nitrogen and oxygen atoms in total. The van der Waals surface area contributed by atoms with Crippen molar-refractivity contribution in [3.8, 4) is 22.3 Å². The maximum Gasteiger partial charge on any atom is 0.0640 e. The van der Waals surface area contributed by atoms with Crippen LogP contribution >= 0.6 is 22.7 Å². The SMILES string of the molecule is c1ccc(-c2ccc(N(c3cccc(-c4cccc5sc6ccccc6c45)c3)c3cccc4c3sc3cc5ccccc5cc34)cc2)cc1. The summed E-state index contributed by atoms with van der Waals surface area (Å²) in [5.74, 6) is 0. The number of thiophene rings is 2. The van der Waals surface area contributed by atoms with Gasteiger partial charge in [-0.2, -0.15) is 0 Å². The minimum absolute atomic E-state index is 1.13. The topological polar surface area (TPSA) is 3.24 Å². The monoisotopic (exact) mass is 659 g/mol. The van der Waals surface area contributed by atoms with Crippen molar-refractivity contribution in [3.63, 3.8) is 0 Å². The molecular weight excluding hydrogens is 631 g/mol. The zero-order chi connectivity index (χ0) is 32.3. The van der Waals surface area contributed by atoms with Crippen LogP contribution in [0.15, 0.2) is 176 Å². The molecule has 0 aliphatic heterocycles. The van der Waals surface area contributed by atoms with Crippen LogP contribution in [0.5, 0.6) is 0 Å². The van der Waals surface area contributed by atoms with Crippen molar-refractivity contribution >= 4 is 90.9 Å². The molecule has 2 aromatic heterocycles. The van der Waals surface area contributed by atoms with Crippen molar-refractivity contribution in [1.29, 1.82) is 0 Å². The molecule has 0 saturated carbocycles. The Balaban J connectivity index is 1.19. The molecular formula is C46H29NS2. The van der Waals surface area contributed by atoms with Crippen LogP contribution in [0, 0.1) is 0 Å². The van der Waals surface area contributed by atoms with E-state index in [0.717, 1.165) is 11.4 Å². The summed E-state index contributed by atoms with van der Waals surface area (Å²) in [5, 5.41) is 7.80. The Kier molecular flexibility index (Phi) is 6.61. The van der Waals surface area contributed by atoms with Crippen LogP contribution in [0.4, 0.5) is 17.1 Å². The molecule has 3 heteroatoms. The predicted molar refractivity (Wildman–Crippen MR) is 215 cm³/mol. The van der Waals surface area contributed by atoms with Gasteiger partial charge in [0.1, 0.15) is 0 Å². The normalized spacial score (nSPS) is 11.7. The molecule has 0 N–H and O–H groups in total. The zero-order valence-corrected chi connectivity index (χ0v) is 28.1. The molecule has 10 rings (SSSR count). The third-order valence-corrected chi connectivity index (χ3v) is 12.0. The molecule has 0 aliphatic rings. The second kappa shape index (κ2) is 11.5. The summed E-state index contributed by atoms with van der Waals surface area (Å²) in [6.07, 6.45) is 0. The number of hydrogen-bond acceptors (Lipinski definition) is 3. The van der Waals surface area contributed by atoms with E-state index in [1.165, 1.54) is 79.1 Å². The van der Waals surface area contributed by atoms with Crippen LogP contribution in [-0.2, 0) is 0 Å². The van der Waals surface area contributed by atoms with Crippen molar-refractivity contribution in [2.45, 2.75) is 0 Å². The van der Waals surface area contributed by atoms with Gasteiger partial charge in [0, 0.05) is 47.0 Å². The van der Waals surface area contributed by atoms with Gasteiger partial charge in [-0.1, -0.05) is 121 Å². The predicted octanol–water partition coefficient (Wildman–Crippen LogP) is 14.4. The van der Waals surface area contributed by atoms with E-state index in [9.17, 15) is 0 Å². The van der Waals surface area contributed by atoms with Crippen molar-refractivity contribution in [1.82, 2.24) is 0 Å². The van der Waals surface area contributed by atoms with Crippen LogP contribution in [0.2, 0.25) is 0 Å². The third-order valence-electron chi connectivity index (χ3n) is 9.64. The summed E-state index contributed by atoms with van der Waals surface area (Å²) in [7, 11) is 0. The number of rotatable bonds is 5. The Hall–Kier alpha value is -5.74. The molecule has 0 spiro atoms. The van der Waals surface area contributed by atoms with E-state index >= 15 is 0 Å². The van der Waals surface area contributed by atoms with E-state index in [2.05, 4.69) is 181 Å². The quantitative estimate of drug-likeness (QED) is 0.178. The van der Waals surface area contributed by atoms with E-state index < -0.39 is 0 Å². The first-order valence-electron chi connectivity index (χ1n) is 16.6. The summed E-state index contributed by atoms with van der Waals surface area (Å²) in [4.78, 5) is 2.45. The Morgan fingerprint density at radius 2 is 1.04 bits per heavy atom. The Bertz CT molecular complexity index is 2830. The van der Waals surface area contributed by atoms with Gasteiger partial charge in [-0.15, -0.1) is 22.7 Å². The molecule has 2 heterocycles. The summed E-state index contributed by atoms with van der Waals surface area (Å²) in [6, 6.07) is 64.4. The smallest absolute Gasteiger partial charge is 0.0640 e. The molecule has 0 fully saturated rings. The molecule has 0 unspecified atom stereocenters. The lowest BCUT2D eigenvalue weighted by Gasteiger charge is -2.27. The van der Waals surface area contributed by atoms with Crippen LogP contribution in [0.25, 0.3) is 73.4 Å². The van der Waals surface area contributed by atoms with E-state index in [4.69, 9.17) is 0 Å². The summed E-state index contributed by atoms with van der Waals surface area (Å²) >= 11 is 3.75. The highest BCUT2D eigenvalue weighted by molar-refractivity contribution is 7.26. The first-order valence-corrected chi connectivity index (χ1v) is 18.2. The number of fused-ring (bicyclic) bond motifs is 7. The average Bonchev–Trinajstić information content (AvgIpc) is 3.73. The number of hydrogen-bond donors (Lipinski definition) is 0. The Morgan fingerprint density at radius 3 is 1.92 bits per heavy atom. The summed E-state index contributed by atoms with van der Waals surface area (Å²) in [6.45, 7) is 0. The summed E-state index contributed by atoms with van der Waals surface area (Å²) in [5.41, 5.74) is 8.36. The Labute approximate surface area is 292 Å². The van der Waals surface area contributed by atoms with Gasteiger partial charge >= 0.3 is 0 Å². The van der Waals surface area contributed by atoms with Gasteiger partial charge in [0.15, 0.2) is 0 Å². The first-order chi connectivity index (χ1) is 24.3. The van der Waals surface area contributed by atoms with Gasteiger partial charge in [-0.25, -0.2) is 0 Å². The van der Waals surface area contributed by atoms with Crippen molar-refractivity contribution in [2.75, 3.05) is 4.90 Å². The molecule has 10 aromatic rings. The fourth-order valence-corrected chi connectivity index (χ4v) is 9.70. The maximum atomic E-state index is 2.45. The van der Waals surface area contributed by atoms with E-state index in [0.29, 0.717) is 0 Å². The average molecular weight is 660 g/mol. The molecule has 0 amide bonds. The fraction of sp³-hybridized carbons (Fsp3) is 0. The zero-order valence-electron chi connectivity index (χ0n) is 26.5. The highest BCUT2D eigenvalue weighted by Gasteiger charge is 2.20. The van der Waals surface area contributed by atoms with E-state index in [1.54, 1.807) is 0 Å². The molecule has 0 aliphatic carbocycles. The number of anilines is 3. The number of nitrogens with zero attached hydrogens (tertiary/aromatic N) is 1. The van der Waals surface area contributed by atoms with Gasteiger partial charge in [-0.3, -0.25) is 0 Å². The second-order valence-corrected chi connectivity index (χ2v) is 14.7. The minimum Gasteiger partial charge on any atom is -0.309 e. The van der Waals surface area contributed by atoms with Crippen molar-refractivity contribution < 1.29 is 0 Å². The standard InChI is InChI=1S/C46H29NS2/c1-2-11-30(12-3-1)31-23-25-35(26-24-31)47(41-20-9-19-38-40-28-32-13-4-5-14-33(32)29-44(40)49-46(38)41)36-16-8-15-34(27-36)37-18-10-22-43-45(37)39-17-6-7-21-42(39)48-43/h1-29H.